The fourth-order valence-electron chi connectivity index (χ4n) is 0.582. The van der Waals surface area contributed by atoms with Crippen molar-refractivity contribution in [2.24, 2.45) is 16.5 Å². The summed E-state index contributed by atoms with van der Waals surface area (Å²) in [5.74, 6) is 0.497. The molecule has 0 saturated carbocycles. The van der Waals surface area contributed by atoms with Gasteiger partial charge in [0.25, 0.3) is 0 Å². The van der Waals surface area contributed by atoms with Crippen LogP contribution in [0.5, 0.6) is 0 Å². The Labute approximate surface area is 72.5 Å². The van der Waals surface area contributed by atoms with Crippen LogP contribution in [0.15, 0.2) is 27.8 Å². The Kier molecular flexibility index (Phi) is 2.43. The van der Waals surface area contributed by atoms with Crippen LogP contribution in [-0.4, -0.2) is 10.9 Å². The van der Waals surface area contributed by atoms with Crippen LogP contribution in [0.2, 0.25) is 0 Å². The first-order valence-corrected chi connectivity index (χ1v) is 3.69. The lowest BCUT2D eigenvalue weighted by Crippen LogP contribution is -2.22. The SMILES string of the molecule is NC(N)=Nc1ncccc1Br. The van der Waals surface area contributed by atoms with Crippen molar-refractivity contribution < 1.29 is 0 Å². The van der Waals surface area contributed by atoms with Crippen molar-refractivity contribution in [3.63, 3.8) is 0 Å². The number of aliphatic imine (C=N–C) groups is 1. The van der Waals surface area contributed by atoms with Crippen molar-refractivity contribution in [1.82, 2.24) is 4.98 Å². The molecule has 1 heterocycles. The maximum Gasteiger partial charge on any atom is 0.192 e. The highest BCUT2D eigenvalue weighted by Crippen LogP contribution is 2.20. The van der Waals surface area contributed by atoms with Crippen LogP contribution in [-0.2, 0) is 0 Å². The normalized spacial score (nSPS) is 9.18. The third kappa shape index (κ3) is 2.19. The van der Waals surface area contributed by atoms with Crippen molar-refractivity contribution >= 4 is 27.7 Å². The summed E-state index contributed by atoms with van der Waals surface area (Å²) in [6, 6.07) is 3.60. The van der Waals surface area contributed by atoms with Crippen LogP contribution in [0.1, 0.15) is 0 Å². The van der Waals surface area contributed by atoms with Crippen molar-refractivity contribution in [3.8, 4) is 0 Å². The molecule has 0 fully saturated rings. The highest BCUT2D eigenvalue weighted by atomic mass is 79.9. The largest absolute Gasteiger partial charge is 0.370 e. The number of pyridine rings is 1. The second kappa shape index (κ2) is 3.34. The Morgan fingerprint density at radius 3 is 2.82 bits per heavy atom. The van der Waals surface area contributed by atoms with Gasteiger partial charge in [-0.2, -0.15) is 4.99 Å². The number of aromatic nitrogens is 1. The van der Waals surface area contributed by atoms with Crippen molar-refractivity contribution in [3.05, 3.63) is 22.8 Å². The van der Waals surface area contributed by atoms with E-state index in [1.807, 2.05) is 6.07 Å². The molecule has 0 aromatic carbocycles. The third-order valence-corrected chi connectivity index (χ3v) is 1.59. The molecular formula is C6H7BrN4. The van der Waals surface area contributed by atoms with Gasteiger partial charge in [-0.25, -0.2) is 4.98 Å². The summed E-state index contributed by atoms with van der Waals surface area (Å²) >= 11 is 3.24. The predicted molar refractivity (Wildman–Crippen MR) is 47.4 cm³/mol. The zero-order valence-corrected chi connectivity index (χ0v) is 7.25. The molecule has 0 radical (unpaired) electrons. The highest BCUT2D eigenvalue weighted by molar-refractivity contribution is 9.10. The minimum atomic E-state index is 0.00407. The number of halogens is 1. The van der Waals surface area contributed by atoms with E-state index in [1.54, 1.807) is 12.3 Å². The summed E-state index contributed by atoms with van der Waals surface area (Å²) in [4.78, 5) is 7.70. The van der Waals surface area contributed by atoms with Crippen molar-refractivity contribution in [1.29, 1.82) is 0 Å². The van der Waals surface area contributed by atoms with Gasteiger partial charge in [-0.1, -0.05) is 0 Å². The zero-order chi connectivity index (χ0) is 8.27. The minimum Gasteiger partial charge on any atom is -0.370 e. The van der Waals surface area contributed by atoms with Gasteiger partial charge in [0.2, 0.25) is 0 Å². The molecule has 0 atom stereocenters. The van der Waals surface area contributed by atoms with Crippen molar-refractivity contribution in [2.45, 2.75) is 0 Å². The highest BCUT2D eigenvalue weighted by Gasteiger charge is 1.95. The van der Waals surface area contributed by atoms with Gasteiger partial charge < -0.3 is 11.5 Å². The molecule has 0 amide bonds. The number of guanidine groups is 1. The third-order valence-electron chi connectivity index (χ3n) is 0.974. The van der Waals surface area contributed by atoms with E-state index in [4.69, 9.17) is 11.5 Å². The number of rotatable bonds is 1. The first-order chi connectivity index (χ1) is 5.20. The van der Waals surface area contributed by atoms with Gasteiger partial charge >= 0.3 is 0 Å². The lowest BCUT2D eigenvalue weighted by Gasteiger charge is -1.95. The van der Waals surface area contributed by atoms with E-state index >= 15 is 0 Å². The number of hydrogen-bond acceptors (Lipinski definition) is 2. The quantitative estimate of drug-likeness (QED) is 0.535. The molecule has 4 nitrogen and oxygen atoms in total. The van der Waals surface area contributed by atoms with Crippen LogP contribution >= 0.6 is 15.9 Å². The van der Waals surface area contributed by atoms with E-state index in [0.29, 0.717) is 5.82 Å². The van der Waals surface area contributed by atoms with Gasteiger partial charge in [0.1, 0.15) is 0 Å². The first-order valence-electron chi connectivity index (χ1n) is 2.90. The average Bonchev–Trinajstić information content (AvgIpc) is 1.93. The summed E-state index contributed by atoms with van der Waals surface area (Å²) < 4.78 is 0.772. The monoisotopic (exact) mass is 214 g/mol. The number of nitrogens with zero attached hydrogens (tertiary/aromatic N) is 2. The van der Waals surface area contributed by atoms with Crippen LogP contribution in [0.25, 0.3) is 0 Å². The topological polar surface area (TPSA) is 77.3 Å². The smallest absolute Gasteiger partial charge is 0.192 e. The molecule has 0 aliphatic carbocycles. The zero-order valence-electron chi connectivity index (χ0n) is 5.66. The summed E-state index contributed by atoms with van der Waals surface area (Å²) in [5, 5.41) is 0. The van der Waals surface area contributed by atoms with E-state index < -0.39 is 0 Å². The predicted octanol–water partition coefficient (Wildman–Crippen LogP) is 0.749. The molecule has 1 rings (SSSR count). The van der Waals surface area contributed by atoms with Crippen LogP contribution < -0.4 is 11.5 Å². The van der Waals surface area contributed by atoms with E-state index in [9.17, 15) is 0 Å². The molecule has 0 bridgehead atoms. The molecule has 5 heteroatoms. The lowest BCUT2D eigenvalue weighted by atomic mass is 10.5. The standard InChI is InChI=1S/C6H7BrN4/c7-4-2-1-3-10-5(4)11-6(8)9/h1-3H,(H4,8,9,10,11). The summed E-state index contributed by atoms with van der Waals surface area (Å²) in [6.07, 6.45) is 1.62. The molecular weight excluding hydrogens is 208 g/mol. The van der Waals surface area contributed by atoms with E-state index in [-0.39, 0.29) is 5.96 Å². The van der Waals surface area contributed by atoms with E-state index in [1.165, 1.54) is 0 Å². The van der Waals surface area contributed by atoms with Crippen LogP contribution in [0.4, 0.5) is 5.82 Å². The van der Waals surface area contributed by atoms with E-state index in [0.717, 1.165) is 4.47 Å². The molecule has 4 N–H and O–H groups in total. The van der Waals surface area contributed by atoms with Gasteiger partial charge in [-0.05, 0) is 28.1 Å². The Morgan fingerprint density at radius 1 is 1.55 bits per heavy atom. The number of nitrogens with two attached hydrogens (primary N) is 2. The van der Waals surface area contributed by atoms with Gasteiger partial charge in [-0.3, -0.25) is 0 Å². The summed E-state index contributed by atoms with van der Waals surface area (Å²) in [5.41, 5.74) is 10.3. The van der Waals surface area contributed by atoms with Crippen LogP contribution in [0, 0.1) is 0 Å². The molecule has 0 unspecified atom stereocenters. The summed E-state index contributed by atoms with van der Waals surface area (Å²) in [6.45, 7) is 0. The second-order valence-electron chi connectivity index (χ2n) is 1.85. The molecule has 0 aliphatic heterocycles. The summed E-state index contributed by atoms with van der Waals surface area (Å²) in [7, 11) is 0. The molecule has 1 aromatic heterocycles. The van der Waals surface area contributed by atoms with E-state index in [2.05, 4.69) is 25.9 Å². The van der Waals surface area contributed by atoms with Crippen LogP contribution in [0.3, 0.4) is 0 Å². The van der Waals surface area contributed by atoms with Gasteiger partial charge in [0, 0.05) is 6.20 Å². The van der Waals surface area contributed by atoms with Gasteiger partial charge in [0.05, 0.1) is 4.47 Å². The second-order valence-corrected chi connectivity index (χ2v) is 2.70. The van der Waals surface area contributed by atoms with Gasteiger partial charge in [-0.15, -0.1) is 0 Å². The molecule has 58 valence electrons. The molecule has 0 saturated heterocycles. The fraction of sp³-hybridized carbons (Fsp3) is 0. The average molecular weight is 215 g/mol. The molecule has 11 heavy (non-hydrogen) atoms. The maximum atomic E-state index is 5.16. The van der Waals surface area contributed by atoms with Gasteiger partial charge in [0.15, 0.2) is 11.8 Å². The Balaban J connectivity index is 3.04. The van der Waals surface area contributed by atoms with Crippen molar-refractivity contribution in [2.75, 3.05) is 0 Å². The Bertz CT molecular complexity index is 280. The minimum absolute atomic E-state index is 0.00407. The molecule has 1 aromatic rings. The molecule has 0 spiro atoms. The lowest BCUT2D eigenvalue weighted by molar-refractivity contribution is 1.24. The fourth-order valence-corrected chi connectivity index (χ4v) is 0.926. The number of hydrogen-bond donors (Lipinski definition) is 2. The first kappa shape index (κ1) is 8.00. The Morgan fingerprint density at radius 2 is 2.27 bits per heavy atom. The Hall–Kier alpha value is -1.10. The molecule has 0 aliphatic rings. The maximum absolute atomic E-state index is 5.16.